The van der Waals surface area contributed by atoms with Crippen molar-refractivity contribution in [3.05, 3.63) is 35.9 Å². The van der Waals surface area contributed by atoms with Crippen LogP contribution in [0.2, 0.25) is 0 Å². The van der Waals surface area contributed by atoms with E-state index in [1.165, 1.54) is 0 Å². The maximum Gasteiger partial charge on any atom is 0.242 e. The summed E-state index contributed by atoms with van der Waals surface area (Å²) < 4.78 is 0. The topological polar surface area (TPSA) is 96.0 Å². The van der Waals surface area contributed by atoms with Gasteiger partial charge in [0.1, 0.15) is 5.92 Å². The molecule has 18 heavy (non-hydrogen) atoms. The van der Waals surface area contributed by atoms with Crippen molar-refractivity contribution in [3.63, 3.8) is 0 Å². The van der Waals surface area contributed by atoms with Crippen molar-refractivity contribution in [2.45, 2.75) is 25.3 Å². The standard InChI is InChI=1S/C13H15N3O2/c1-9(7-12(15)17)16-13(18)11(8-14)10-5-3-2-4-6-10/h2-6,9,11H,7H2,1H3,(H2,15,17)(H,16,18). The van der Waals surface area contributed by atoms with Gasteiger partial charge in [0.15, 0.2) is 0 Å². The summed E-state index contributed by atoms with van der Waals surface area (Å²) in [6.45, 7) is 1.67. The van der Waals surface area contributed by atoms with Crippen LogP contribution in [-0.2, 0) is 9.59 Å². The summed E-state index contributed by atoms with van der Waals surface area (Å²) in [5, 5.41) is 11.6. The summed E-state index contributed by atoms with van der Waals surface area (Å²) in [6.07, 6.45) is 0.0542. The molecule has 5 heteroatoms. The zero-order chi connectivity index (χ0) is 13.5. The average Bonchev–Trinajstić information content (AvgIpc) is 2.29. The minimum atomic E-state index is -0.874. The molecule has 0 radical (unpaired) electrons. The molecule has 2 amide bonds. The van der Waals surface area contributed by atoms with Crippen molar-refractivity contribution in [2.24, 2.45) is 5.73 Å². The number of hydrogen-bond acceptors (Lipinski definition) is 3. The van der Waals surface area contributed by atoms with E-state index in [0.29, 0.717) is 5.56 Å². The SMILES string of the molecule is CC(CC(N)=O)NC(=O)C(C#N)c1ccccc1. The molecule has 0 aliphatic rings. The van der Waals surface area contributed by atoms with Gasteiger partial charge in [-0.25, -0.2) is 0 Å². The number of primary amides is 1. The molecule has 0 aromatic heterocycles. The maximum absolute atomic E-state index is 11.9. The van der Waals surface area contributed by atoms with E-state index < -0.39 is 17.7 Å². The molecule has 5 nitrogen and oxygen atoms in total. The molecule has 94 valence electrons. The van der Waals surface area contributed by atoms with Gasteiger partial charge in [-0.15, -0.1) is 0 Å². The highest BCUT2D eigenvalue weighted by molar-refractivity contribution is 5.87. The number of carbonyl (C=O) groups is 2. The van der Waals surface area contributed by atoms with Crippen LogP contribution < -0.4 is 11.1 Å². The number of amides is 2. The second kappa shape index (κ2) is 6.40. The minimum absolute atomic E-state index is 0.0542. The molecule has 0 saturated heterocycles. The fraction of sp³-hybridized carbons (Fsp3) is 0.308. The predicted octanol–water partition coefficient (Wildman–Crippen LogP) is 0.674. The lowest BCUT2D eigenvalue weighted by Gasteiger charge is -2.15. The van der Waals surface area contributed by atoms with Crippen molar-refractivity contribution in [1.82, 2.24) is 5.32 Å². The van der Waals surface area contributed by atoms with Crippen LogP contribution in [0.25, 0.3) is 0 Å². The van der Waals surface area contributed by atoms with Crippen LogP contribution in [0.15, 0.2) is 30.3 Å². The van der Waals surface area contributed by atoms with Crippen LogP contribution >= 0.6 is 0 Å². The predicted molar refractivity (Wildman–Crippen MR) is 66.2 cm³/mol. The van der Waals surface area contributed by atoms with Gasteiger partial charge in [-0.1, -0.05) is 30.3 Å². The molecular formula is C13H15N3O2. The molecule has 2 unspecified atom stereocenters. The Bertz CT molecular complexity index is 465. The van der Waals surface area contributed by atoms with Gasteiger partial charge in [0.2, 0.25) is 11.8 Å². The summed E-state index contributed by atoms with van der Waals surface area (Å²) in [5.74, 6) is -1.78. The Labute approximate surface area is 106 Å². The zero-order valence-electron chi connectivity index (χ0n) is 10.1. The first-order valence-corrected chi connectivity index (χ1v) is 5.58. The summed E-state index contributed by atoms with van der Waals surface area (Å²) in [4.78, 5) is 22.6. The van der Waals surface area contributed by atoms with Gasteiger partial charge in [-0.3, -0.25) is 9.59 Å². The largest absolute Gasteiger partial charge is 0.370 e. The molecule has 2 atom stereocenters. The number of rotatable bonds is 5. The number of nitrogens with one attached hydrogen (secondary N) is 1. The monoisotopic (exact) mass is 245 g/mol. The van der Waals surface area contributed by atoms with E-state index in [1.807, 2.05) is 12.1 Å². The fourth-order valence-corrected chi connectivity index (χ4v) is 1.61. The number of hydrogen-bond donors (Lipinski definition) is 2. The summed E-state index contributed by atoms with van der Waals surface area (Å²) >= 11 is 0. The highest BCUT2D eigenvalue weighted by atomic mass is 16.2. The lowest BCUT2D eigenvalue weighted by atomic mass is 9.99. The van der Waals surface area contributed by atoms with Gasteiger partial charge in [0.05, 0.1) is 6.07 Å². The first kappa shape index (κ1) is 13.7. The summed E-state index contributed by atoms with van der Waals surface area (Å²) in [6, 6.07) is 10.3. The molecule has 0 bridgehead atoms. The smallest absolute Gasteiger partial charge is 0.242 e. The molecular weight excluding hydrogens is 230 g/mol. The lowest BCUT2D eigenvalue weighted by Crippen LogP contribution is -2.38. The third-order valence-corrected chi connectivity index (χ3v) is 2.42. The van der Waals surface area contributed by atoms with Crippen molar-refractivity contribution < 1.29 is 9.59 Å². The van der Waals surface area contributed by atoms with Gasteiger partial charge >= 0.3 is 0 Å². The van der Waals surface area contributed by atoms with E-state index in [0.717, 1.165) is 0 Å². The molecule has 0 aliphatic heterocycles. The molecule has 1 aromatic rings. The van der Waals surface area contributed by atoms with Gasteiger partial charge in [-0.05, 0) is 12.5 Å². The Hall–Kier alpha value is -2.35. The van der Waals surface area contributed by atoms with E-state index in [9.17, 15) is 9.59 Å². The normalized spacial score (nSPS) is 13.1. The van der Waals surface area contributed by atoms with E-state index in [1.54, 1.807) is 31.2 Å². The van der Waals surface area contributed by atoms with Crippen LogP contribution in [0.5, 0.6) is 0 Å². The summed E-state index contributed by atoms with van der Waals surface area (Å²) in [5.41, 5.74) is 5.66. The molecule has 0 spiro atoms. The van der Waals surface area contributed by atoms with Gasteiger partial charge in [0, 0.05) is 12.5 Å². The quantitative estimate of drug-likeness (QED) is 0.798. The number of nitrogens with two attached hydrogens (primary N) is 1. The van der Waals surface area contributed by atoms with Crippen molar-refractivity contribution in [1.29, 1.82) is 5.26 Å². The third kappa shape index (κ3) is 3.91. The van der Waals surface area contributed by atoms with Crippen LogP contribution in [0.4, 0.5) is 0 Å². The Morgan fingerprint density at radius 3 is 2.50 bits per heavy atom. The third-order valence-electron chi connectivity index (χ3n) is 2.42. The second-order valence-electron chi connectivity index (χ2n) is 4.05. The minimum Gasteiger partial charge on any atom is -0.370 e. The van der Waals surface area contributed by atoms with Crippen LogP contribution in [0.1, 0.15) is 24.8 Å². The molecule has 1 rings (SSSR count). The molecule has 0 aliphatic carbocycles. The van der Waals surface area contributed by atoms with Crippen molar-refractivity contribution >= 4 is 11.8 Å². The highest BCUT2D eigenvalue weighted by Gasteiger charge is 2.21. The van der Waals surface area contributed by atoms with E-state index in [2.05, 4.69) is 5.32 Å². The Kier molecular flexibility index (Phi) is 4.88. The Morgan fingerprint density at radius 2 is 2.00 bits per heavy atom. The number of nitrogens with zero attached hydrogens (tertiary/aromatic N) is 1. The number of carbonyl (C=O) groups excluding carboxylic acids is 2. The van der Waals surface area contributed by atoms with Gasteiger partial charge in [0.25, 0.3) is 0 Å². The first-order valence-electron chi connectivity index (χ1n) is 5.58. The van der Waals surface area contributed by atoms with E-state index in [-0.39, 0.29) is 12.5 Å². The fourth-order valence-electron chi connectivity index (χ4n) is 1.61. The molecule has 0 saturated carbocycles. The molecule has 0 heterocycles. The van der Waals surface area contributed by atoms with Crippen LogP contribution in [0.3, 0.4) is 0 Å². The second-order valence-corrected chi connectivity index (χ2v) is 4.05. The van der Waals surface area contributed by atoms with Crippen molar-refractivity contribution in [3.8, 4) is 6.07 Å². The van der Waals surface area contributed by atoms with Gasteiger partial charge < -0.3 is 11.1 Å². The zero-order valence-corrected chi connectivity index (χ0v) is 10.1. The van der Waals surface area contributed by atoms with E-state index >= 15 is 0 Å². The van der Waals surface area contributed by atoms with E-state index in [4.69, 9.17) is 11.0 Å². The number of nitriles is 1. The van der Waals surface area contributed by atoms with Crippen LogP contribution in [-0.4, -0.2) is 17.9 Å². The lowest BCUT2D eigenvalue weighted by molar-refractivity contribution is -0.122. The highest BCUT2D eigenvalue weighted by Crippen LogP contribution is 2.14. The number of benzene rings is 1. The average molecular weight is 245 g/mol. The van der Waals surface area contributed by atoms with Gasteiger partial charge in [-0.2, -0.15) is 5.26 Å². The molecule has 3 N–H and O–H groups in total. The molecule has 0 fully saturated rings. The Balaban J connectivity index is 2.70. The summed E-state index contributed by atoms with van der Waals surface area (Å²) in [7, 11) is 0. The molecule has 1 aromatic carbocycles. The first-order chi connectivity index (χ1) is 8.54. The Morgan fingerprint density at radius 1 is 1.39 bits per heavy atom. The maximum atomic E-state index is 11.9. The van der Waals surface area contributed by atoms with Crippen LogP contribution in [0, 0.1) is 11.3 Å². The van der Waals surface area contributed by atoms with Crippen molar-refractivity contribution in [2.75, 3.05) is 0 Å².